The number of hydrogen-bond acceptors (Lipinski definition) is 3. The predicted octanol–water partition coefficient (Wildman–Crippen LogP) is 2.53. The molecule has 3 rings (SSSR count). The van der Waals surface area contributed by atoms with Crippen LogP contribution in [0.1, 0.15) is 26.0 Å². The maximum absolute atomic E-state index is 5.64. The van der Waals surface area contributed by atoms with Gasteiger partial charge < -0.3 is 10.1 Å². The Kier molecular flexibility index (Phi) is 3.59. The van der Waals surface area contributed by atoms with Gasteiger partial charge in [0.15, 0.2) is 0 Å². The lowest BCUT2D eigenvalue weighted by atomic mass is 9.95. The number of aromatic nitrogens is 2. The van der Waals surface area contributed by atoms with Crippen molar-refractivity contribution < 1.29 is 4.74 Å². The molecule has 1 aromatic carbocycles. The van der Waals surface area contributed by atoms with E-state index >= 15 is 0 Å². The molecule has 20 heavy (non-hydrogen) atoms. The Hall–Kier alpha value is -1.65. The van der Waals surface area contributed by atoms with Crippen molar-refractivity contribution in [3.8, 4) is 5.69 Å². The summed E-state index contributed by atoms with van der Waals surface area (Å²) in [4.78, 5) is 0. The molecule has 2 heterocycles. The average molecular weight is 271 g/mol. The largest absolute Gasteiger partial charge is 0.377 e. The summed E-state index contributed by atoms with van der Waals surface area (Å²) in [6.45, 7) is 5.95. The fourth-order valence-corrected chi connectivity index (χ4v) is 2.54. The summed E-state index contributed by atoms with van der Waals surface area (Å²) in [5, 5.41) is 8.20. The van der Waals surface area contributed by atoms with Gasteiger partial charge in [-0.1, -0.05) is 18.2 Å². The topological polar surface area (TPSA) is 39.1 Å². The number of ether oxygens (including phenoxy) is 1. The van der Waals surface area contributed by atoms with Crippen LogP contribution < -0.4 is 5.32 Å². The molecule has 1 fully saturated rings. The van der Waals surface area contributed by atoms with Crippen LogP contribution in [0.25, 0.3) is 5.69 Å². The standard InChI is InChI=1S/C16H21N3O/c1-13-16(2,9-11-20-13)17-12-14-8-10-19(18-14)15-6-4-3-5-7-15/h3-8,10,13,17H,9,11-12H2,1-2H3. The van der Waals surface area contributed by atoms with Crippen LogP contribution in [0.2, 0.25) is 0 Å². The van der Waals surface area contributed by atoms with Crippen molar-refractivity contribution in [1.82, 2.24) is 15.1 Å². The first-order valence-electron chi connectivity index (χ1n) is 7.14. The SMILES string of the molecule is CC1OCCC1(C)NCc1ccn(-c2ccccc2)n1. The maximum atomic E-state index is 5.64. The monoisotopic (exact) mass is 271 g/mol. The van der Waals surface area contributed by atoms with E-state index in [1.54, 1.807) is 0 Å². The predicted molar refractivity (Wildman–Crippen MR) is 78.8 cm³/mol. The Morgan fingerprint density at radius 1 is 1.35 bits per heavy atom. The Labute approximate surface area is 119 Å². The highest BCUT2D eigenvalue weighted by Crippen LogP contribution is 2.25. The second kappa shape index (κ2) is 5.38. The molecule has 1 saturated heterocycles. The molecule has 0 saturated carbocycles. The lowest BCUT2D eigenvalue weighted by Crippen LogP contribution is -2.47. The number of hydrogen-bond donors (Lipinski definition) is 1. The molecule has 0 spiro atoms. The first-order valence-corrected chi connectivity index (χ1v) is 7.14. The molecule has 1 aliphatic heterocycles. The summed E-state index contributed by atoms with van der Waals surface area (Å²) in [5.41, 5.74) is 2.19. The van der Waals surface area contributed by atoms with Crippen molar-refractivity contribution in [3.63, 3.8) is 0 Å². The summed E-state index contributed by atoms with van der Waals surface area (Å²) in [7, 11) is 0. The summed E-state index contributed by atoms with van der Waals surface area (Å²) in [6.07, 6.45) is 3.30. The van der Waals surface area contributed by atoms with Crippen LogP contribution in [0.4, 0.5) is 0 Å². The number of nitrogens with zero attached hydrogens (tertiary/aromatic N) is 2. The van der Waals surface area contributed by atoms with Gasteiger partial charge in [0.25, 0.3) is 0 Å². The molecule has 2 atom stereocenters. The molecular formula is C16H21N3O. The molecule has 1 aromatic heterocycles. The molecule has 0 aliphatic carbocycles. The Bertz CT molecular complexity index is 566. The normalized spacial score (nSPS) is 26.0. The second-order valence-corrected chi connectivity index (χ2v) is 5.62. The fourth-order valence-electron chi connectivity index (χ4n) is 2.54. The van der Waals surface area contributed by atoms with Crippen LogP contribution in [0.5, 0.6) is 0 Å². The molecular weight excluding hydrogens is 250 g/mol. The van der Waals surface area contributed by atoms with Gasteiger partial charge in [0.2, 0.25) is 0 Å². The van der Waals surface area contributed by atoms with Gasteiger partial charge in [-0.15, -0.1) is 0 Å². The highest BCUT2D eigenvalue weighted by atomic mass is 16.5. The molecule has 1 N–H and O–H groups in total. The van der Waals surface area contributed by atoms with E-state index in [1.165, 1.54) is 0 Å². The quantitative estimate of drug-likeness (QED) is 0.928. The molecule has 0 radical (unpaired) electrons. The Balaban J connectivity index is 1.66. The molecule has 0 bridgehead atoms. The zero-order valence-corrected chi connectivity index (χ0v) is 12.0. The van der Waals surface area contributed by atoms with Gasteiger partial charge in [0.05, 0.1) is 17.5 Å². The van der Waals surface area contributed by atoms with E-state index in [0.717, 1.165) is 31.0 Å². The molecule has 2 aromatic rings. The molecule has 2 unspecified atom stereocenters. The Morgan fingerprint density at radius 3 is 2.85 bits per heavy atom. The lowest BCUT2D eigenvalue weighted by molar-refractivity contribution is 0.0880. The van der Waals surface area contributed by atoms with Crippen molar-refractivity contribution in [3.05, 3.63) is 48.3 Å². The van der Waals surface area contributed by atoms with Gasteiger partial charge >= 0.3 is 0 Å². The van der Waals surface area contributed by atoms with Crippen molar-refractivity contribution in [2.45, 2.75) is 38.5 Å². The first-order chi connectivity index (χ1) is 9.67. The molecule has 4 nitrogen and oxygen atoms in total. The summed E-state index contributed by atoms with van der Waals surface area (Å²) < 4.78 is 7.55. The minimum absolute atomic E-state index is 0.0521. The second-order valence-electron chi connectivity index (χ2n) is 5.62. The van der Waals surface area contributed by atoms with Crippen LogP contribution in [0, 0.1) is 0 Å². The fraction of sp³-hybridized carbons (Fsp3) is 0.438. The summed E-state index contributed by atoms with van der Waals surface area (Å²) >= 11 is 0. The number of benzene rings is 1. The van der Waals surface area contributed by atoms with Crippen LogP contribution in [0.3, 0.4) is 0 Å². The van der Waals surface area contributed by atoms with Gasteiger partial charge in [-0.05, 0) is 38.5 Å². The number of rotatable bonds is 4. The third kappa shape index (κ3) is 2.62. The van der Waals surface area contributed by atoms with Crippen LogP contribution in [-0.2, 0) is 11.3 Å². The summed E-state index contributed by atoms with van der Waals surface area (Å²) in [5.74, 6) is 0. The molecule has 106 valence electrons. The van der Waals surface area contributed by atoms with E-state index in [4.69, 9.17) is 4.74 Å². The van der Waals surface area contributed by atoms with E-state index in [2.05, 4.69) is 42.5 Å². The van der Waals surface area contributed by atoms with Crippen LogP contribution in [-0.4, -0.2) is 28.0 Å². The van der Waals surface area contributed by atoms with Crippen molar-refractivity contribution in [2.75, 3.05) is 6.61 Å². The van der Waals surface area contributed by atoms with E-state index in [9.17, 15) is 0 Å². The van der Waals surface area contributed by atoms with Crippen molar-refractivity contribution in [2.24, 2.45) is 0 Å². The maximum Gasteiger partial charge on any atom is 0.0767 e. The zero-order chi connectivity index (χ0) is 14.0. The first kappa shape index (κ1) is 13.3. The minimum Gasteiger partial charge on any atom is -0.377 e. The average Bonchev–Trinajstić information content (AvgIpc) is 3.06. The number of para-hydroxylation sites is 1. The van der Waals surface area contributed by atoms with Crippen LogP contribution >= 0.6 is 0 Å². The minimum atomic E-state index is 0.0521. The molecule has 4 heteroatoms. The van der Waals surface area contributed by atoms with E-state index in [1.807, 2.05) is 29.1 Å². The van der Waals surface area contributed by atoms with Gasteiger partial charge in [-0.25, -0.2) is 4.68 Å². The molecule has 1 aliphatic rings. The summed E-state index contributed by atoms with van der Waals surface area (Å²) in [6, 6.07) is 12.2. The molecule has 0 amide bonds. The van der Waals surface area contributed by atoms with E-state index in [-0.39, 0.29) is 11.6 Å². The van der Waals surface area contributed by atoms with Crippen molar-refractivity contribution in [1.29, 1.82) is 0 Å². The van der Waals surface area contributed by atoms with Gasteiger partial charge in [-0.3, -0.25) is 0 Å². The van der Waals surface area contributed by atoms with E-state index in [0.29, 0.717) is 0 Å². The van der Waals surface area contributed by atoms with Crippen molar-refractivity contribution >= 4 is 0 Å². The van der Waals surface area contributed by atoms with Gasteiger partial charge in [0, 0.05) is 24.9 Å². The Morgan fingerprint density at radius 2 is 2.15 bits per heavy atom. The smallest absolute Gasteiger partial charge is 0.0767 e. The lowest BCUT2D eigenvalue weighted by Gasteiger charge is -2.28. The third-order valence-electron chi connectivity index (χ3n) is 4.22. The van der Waals surface area contributed by atoms with E-state index < -0.39 is 0 Å². The highest BCUT2D eigenvalue weighted by Gasteiger charge is 2.36. The van der Waals surface area contributed by atoms with Gasteiger partial charge in [-0.2, -0.15) is 5.10 Å². The third-order valence-corrected chi connectivity index (χ3v) is 4.22. The zero-order valence-electron chi connectivity index (χ0n) is 12.0. The number of nitrogens with one attached hydrogen (secondary N) is 1. The van der Waals surface area contributed by atoms with Gasteiger partial charge in [0.1, 0.15) is 0 Å². The van der Waals surface area contributed by atoms with Crippen LogP contribution in [0.15, 0.2) is 42.6 Å². The highest BCUT2D eigenvalue weighted by molar-refractivity contribution is 5.30.